The molecule has 1 aromatic carbocycles. The molecule has 124 valence electrons. The lowest BCUT2D eigenvalue weighted by molar-refractivity contribution is -0.0349. The van der Waals surface area contributed by atoms with Gasteiger partial charge in [-0.25, -0.2) is 0 Å². The van der Waals surface area contributed by atoms with Crippen molar-refractivity contribution in [2.24, 2.45) is 5.16 Å². The second-order valence-corrected chi connectivity index (χ2v) is 6.52. The Morgan fingerprint density at radius 1 is 1.18 bits per heavy atom. The smallest absolute Gasteiger partial charge is 0.325 e. The molecule has 1 rings (SSSR count). The first-order valence-corrected chi connectivity index (χ1v) is 8.37. The number of rotatable bonds is 9. The molecule has 8 nitrogen and oxygen atoms in total. The van der Waals surface area contributed by atoms with E-state index in [4.69, 9.17) is 14.6 Å². The van der Waals surface area contributed by atoms with Gasteiger partial charge in [-0.3, -0.25) is 4.57 Å². The highest BCUT2D eigenvalue weighted by Gasteiger charge is 2.26. The molecule has 0 spiro atoms. The van der Waals surface area contributed by atoms with E-state index in [1.54, 1.807) is 0 Å². The third kappa shape index (κ3) is 7.65. The first-order chi connectivity index (χ1) is 10.3. The SMILES string of the molecule is O=P(O)(O)CC[C@@H](O)[C@@H](O)[C@H](O)C=NOCc1ccccc1. The molecule has 0 aliphatic carbocycles. The summed E-state index contributed by atoms with van der Waals surface area (Å²) < 4.78 is 10.7. The van der Waals surface area contributed by atoms with Crippen LogP contribution < -0.4 is 0 Å². The summed E-state index contributed by atoms with van der Waals surface area (Å²) in [6, 6.07) is 9.17. The molecule has 0 radical (unpaired) electrons. The van der Waals surface area contributed by atoms with Crippen LogP contribution in [0, 0.1) is 0 Å². The van der Waals surface area contributed by atoms with Gasteiger partial charge in [0.05, 0.1) is 18.5 Å². The van der Waals surface area contributed by atoms with Crippen molar-refractivity contribution < 1.29 is 34.5 Å². The average Bonchev–Trinajstić information content (AvgIpc) is 2.48. The second-order valence-electron chi connectivity index (χ2n) is 4.74. The van der Waals surface area contributed by atoms with Crippen LogP contribution in [0.1, 0.15) is 12.0 Å². The third-order valence-electron chi connectivity index (χ3n) is 2.82. The van der Waals surface area contributed by atoms with Crippen molar-refractivity contribution in [3.8, 4) is 0 Å². The van der Waals surface area contributed by atoms with Crippen molar-refractivity contribution in [2.75, 3.05) is 6.16 Å². The van der Waals surface area contributed by atoms with Crippen molar-refractivity contribution in [1.82, 2.24) is 0 Å². The minimum Gasteiger partial charge on any atom is -0.391 e. The molecule has 0 amide bonds. The van der Waals surface area contributed by atoms with Crippen LogP contribution in [0.25, 0.3) is 0 Å². The molecule has 0 bridgehead atoms. The molecule has 1 aromatic rings. The molecule has 0 fully saturated rings. The fourth-order valence-electron chi connectivity index (χ4n) is 1.58. The van der Waals surface area contributed by atoms with Gasteiger partial charge in [-0.05, 0) is 12.0 Å². The van der Waals surface area contributed by atoms with Gasteiger partial charge in [0, 0.05) is 0 Å². The van der Waals surface area contributed by atoms with E-state index in [-0.39, 0.29) is 13.0 Å². The third-order valence-corrected chi connectivity index (χ3v) is 3.66. The minimum absolute atomic E-state index is 0.181. The molecule has 0 heterocycles. The fraction of sp³-hybridized carbons (Fsp3) is 0.462. The monoisotopic (exact) mass is 333 g/mol. The first kappa shape index (κ1) is 18.8. The van der Waals surface area contributed by atoms with E-state index in [1.165, 1.54) is 0 Å². The maximum absolute atomic E-state index is 10.7. The molecule has 0 aliphatic rings. The van der Waals surface area contributed by atoms with E-state index >= 15 is 0 Å². The van der Waals surface area contributed by atoms with Gasteiger partial charge in [0.25, 0.3) is 0 Å². The highest BCUT2D eigenvalue weighted by Crippen LogP contribution is 2.35. The summed E-state index contributed by atoms with van der Waals surface area (Å²) in [5.41, 5.74) is 0.872. The van der Waals surface area contributed by atoms with Crippen LogP contribution in [-0.2, 0) is 16.0 Å². The van der Waals surface area contributed by atoms with Crippen LogP contribution in [0.2, 0.25) is 0 Å². The molecule has 0 unspecified atom stereocenters. The minimum atomic E-state index is -4.26. The molecule has 9 heteroatoms. The van der Waals surface area contributed by atoms with Crippen molar-refractivity contribution in [3.63, 3.8) is 0 Å². The molecule has 0 aliphatic heterocycles. The van der Waals surface area contributed by atoms with Crippen LogP contribution in [0.4, 0.5) is 0 Å². The highest BCUT2D eigenvalue weighted by molar-refractivity contribution is 7.51. The van der Waals surface area contributed by atoms with Gasteiger partial charge in [-0.2, -0.15) is 0 Å². The first-order valence-electron chi connectivity index (χ1n) is 6.58. The Bertz CT molecular complexity index is 504. The van der Waals surface area contributed by atoms with Crippen LogP contribution in [-0.4, -0.2) is 55.8 Å². The van der Waals surface area contributed by atoms with Gasteiger partial charge in [0.2, 0.25) is 0 Å². The number of benzene rings is 1. The topological polar surface area (TPSA) is 140 Å². The highest BCUT2D eigenvalue weighted by atomic mass is 31.2. The summed E-state index contributed by atoms with van der Waals surface area (Å²) in [6.07, 6.45) is -4.63. The van der Waals surface area contributed by atoms with Crippen LogP contribution in [0.5, 0.6) is 0 Å². The Kier molecular flexibility index (Phi) is 7.67. The van der Waals surface area contributed by atoms with Crippen molar-refractivity contribution in [1.29, 1.82) is 0 Å². The second kappa shape index (κ2) is 8.99. The molecule has 0 saturated carbocycles. The molecular weight excluding hydrogens is 313 g/mol. The van der Waals surface area contributed by atoms with E-state index in [0.29, 0.717) is 0 Å². The number of nitrogens with zero attached hydrogens (tertiary/aromatic N) is 1. The molecule has 3 atom stereocenters. The maximum atomic E-state index is 10.7. The summed E-state index contributed by atoms with van der Waals surface area (Å²) >= 11 is 0. The van der Waals surface area contributed by atoms with Gasteiger partial charge >= 0.3 is 7.60 Å². The Labute approximate surface area is 127 Å². The van der Waals surface area contributed by atoms with Gasteiger partial charge in [0.1, 0.15) is 18.8 Å². The molecular formula is C13H20NO7P. The molecule has 5 N–H and O–H groups in total. The van der Waals surface area contributed by atoms with Crippen molar-refractivity contribution >= 4 is 13.8 Å². The number of hydrogen-bond donors (Lipinski definition) is 5. The van der Waals surface area contributed by atoms with Crippen molar-refractivity contribution in [3.05, 3.63) is 35.9 Å². The van der Waals surface area contributed by atoms with E-state index in [0.717, 1.165) is 11.8 Å². The van der Waals surface area contributed by atoms with Gasteiger partial charge in [-0.15, -0.1) is 0 Å². The molecule has 0 aromatic heterocycles. The zero-order valence-corrected chi connectivity index (χ0v) is 12.7. The number of oxime groups is 1. The van der Waals surface area contributed by atoms with Gasteiger partial charge in [0.15, 0.2) is 0 Å². The van der Waals surface area contributed by atoms with E-state index in [9.17, 15) is 19.9 Å². The van der Waals surface area contributed by atoms with Gasteiger partial charge < -0.3 is 29.9 Å². The largest absolute Gasteiger partial charge is 0.391 e. The number of hydrogen-bond acceptors (Lipinski definition) is 6. The predicted molar refractivity (Wildman–Crippen MR) is 79.3 cm³/mol. The van der Waals surface area contributed by atoms with Crippen LogP contribution in [0.3, 0.4) is 0 Å². The zero-order valence-electron chi connectivity index (χ0n) is 11.8. The Hall–Kier alpha value is -1.28. The van der Waals surface area contributed by atoms with E-state index < -0.39 is 32.1 Å². The lowest BCUT2D eigenvalue weighted by Crippen LogP contribution is -2.38. The number of aliphatic hydroxyl groups excluding tert-OH is 3. The average molecular weight is 333 g/mol. The summed E-state index contributed by atoms with van der Waals surface area (Å²) in [7, 11) is -4.26. The zero-order chi connectivity index (χ0) is 16.6. The van der Waals surface area contributed by atoms with E-state index in [1.807, 2.05) is 30.3 Å². The maximum Gasteiger partial charge on any atom is 0.325 e. The standard InChI is InChI=1S/C13H20NO7P/c15-11(6-7-22(18,19)20)13(17)12(16)8-14-21-9-10-4-2-1-3-5-10/h1-5,8,11-13,15-17H,6-7,9H2,(H2,18,19,20)/t11-,12-,13-/m1/s1. The molecule has 22 heavy (non-hydrogen) atoms. The summed E-state index contributed by atoms with van der Waals surface area (Å²) in [4.78, 5) is 22.3. The Morgan fingerprint density at radius 2 is 1.82 bits per heavy atom. The fourth-order valence-corrected chi connectivity index (χ4v) is 2.18. The lowest BCUT2D eigenvalue weighted by atomic mass is 10.1. The van der Waals surface area contributed by atoms with Crippen LogP contribution >= 0.6 is 7.60 Å². The van der Waals surface area contributed by atoms with E-state index in [2.05, 4.69) is 5.16 Å². The summed E-state index contributed by atoms with van der Waals surface area (Å²) in [6.45, 7) is 0.181. The number of aliphatic hydroxyl groups is 3. The van der Waals surface area contributed by atoms with Crippen LogP contribution in [0.15, 0.2) is 35.5 Å². The molecule has 0 saturated heterocycles. The Balaban J connectivity index is 2.34. The lowest BCUT2D eigenvalue weighted by Gasteiger charge is -2.20. The van der Waals surface area contributed by atoms with Gasteiger partial charge in [-0.1, -0.05) is 35.5 Å². The quantitative estimate of drug-likeness (QED) is 0.240. The summed E-state index contributed by atoms with van der Waals surface area (Å²) in [5, 5.41) is 32.2. The Morgan fingerprint density at radius 3 is 2.41 bits per heavy atom. The summed E-state index contributed by atoms with van der Waals surface area (Å²) in [5.74, 6) is 0. The van der Waals surface area contributed by atoms with Crippen molar-refractivity contribution in [2.45, 2.75) is 31.3 Å². The predicted octanol–water partition coefficient (Wildman–Crippen LogP) is -0.161. The normalized spacial score (nSPS) is 16.4.